The first kappa shape index (κ1) is 15.1. The van der Waals surface area contributed by atoms with E-state index >= 15 is 0 Å². The molecule has 0 bridgehead atoms. The summed E-state index contributed by atoms with van der Waals surface area (Å²) in [7, 11) is 1.61. The lowest BCUT2D eigenvalue weighted by molar-refractivity contribution is 0.0940. The molecule has 3 nitrogen and oxygen atoms in total. The molecule has 0 radical (unpaired) electrons. The number of aryl methyl sites for hydroxylation is 2. The third-order valence-corrected chi connectivity index (χ3v) is 3.59. The summed E-state index contributed by atoms with van der Waals surface area (Å²) in [5.41, 5.74) is 4.19. The van der Waals surface area contributed by atoms with E-state index in [0.29, 0.717) is 5.56 Å². The van der Waals surface area contributed by atoms with Crippen LogP contribution in [0, 0.1) is 13.8 Å². The molecule has 110 valence electrons. The fraction of sp³-hybridized carbons (Fsp3) is 0.278. The highest BCUT2D eigenvalue weighted by Gasteiger charge is 2.13. The Balaban J connectivity index is 2.10. The van der Waals surface area contributed by atoms with Crippen LogP contribution in [-0.2, 0) is 0 Å². The molecule has 1 amide bonds. The first-order valence-corrected chi connectivity index (χ1v) is 7.03. The highest BCUT2D eigenvalue weighted by atomic mass is 16.5. The predicted octanol–water partition coefficient (Wildman–Crippen LogP) is 3.80. The molecule has 0 heterocycles. The lowest BCUT2D eigenvalue weighted by Crippen LogP contribution is -2.27. The van der Waals surface area contributed by atoms with Crippen molar-refractivity contribution in [2.45, 2.75) is 26.8 Å². The molecule has 0 aliphatic heterocycles. The van der Waals surface area contributed by atoms with Crippen LogP contribution >= 0.6 is 0 Å². The first-order chi connectivity index (χ1) is 10.0. The summed E-state index contributed by atoms with van der Waals surface area (Å²) < 4.78 is 5.09. The maximum Gasteiger partial charge on any atom is 0.251 e. The van der Waals surface area contributed by atoms with Crippen LogP contribution in [0.4, 0.5) is 0 Å². The Bertz CT molecular complexity index is 632. The van der Waals surface area contributed by atoms with Gasteiger partial charge in [-0.2, -0.15) is 0 Å². The van der Waals surface area contributed by atoms with Crippen LogP contribution in [0.3, 0.4) is 0 Å². The van der Waals surface area contributed by atoms with Crippen LogP contribution in [0.15, 0.2) is 42.5 Å². The number of ether oxygens (including phenoxy) is 1. The number of hydrogen-bond donors (Lipinski definition) is 1. The standard InChI is InChI=1S/C18H21NO2/c1-12-5-10-17(13(2)11-12)14(3)19-18(20)15-6-8-16(21-4)9-7-15/h5-11,14H,1-4H3,(H,19,20). The molecule has 0 saturated heterocycles. The highest BCUT2D eigenvalue weighted by molar-refractivity contribution is 5.94. The molecular weight excluding hydrogens is 262 g/mol. The molecule has 2 aromatic carbocycles. The topological polar surface area (TPSA) is 38.3 Å². The van der Waals surface area contributed by atoms with Crippen molar-refractivity contribution < 1.29 is 9.53 Å². The summed E-state index contributed by atoms with van der Waals surface area (Å²) in [6.07, 6.45) is 0. The Hall–Kier alpha value is -2.29. The summed E-state index contributed by atoms with van der Waals surface area (Å²) in [5.74, 6) is 0.666. The summed E-state index contributed by atoms with van der Waals surface area (Å²) in [4.78, 5) is 12.3. The molecule has 2 aromatic rings. The van der Waals surface area contributed by atoms with E-state index in [2.05, 4.69) is 37.4 Å². The summed E-state index contributed by atoms with van der Waals surface area (Å²) >= 11 is 0. The number of nitrogens with one attached hydrogen (secondary N) is 1. The SMILES string of the molecule is COc1ccc(C(=O)NC(C)c2ccc(C)cc2C)cc1. The van der Waals surface area contributed by atoms with Gasteiger partial charge in [-0.15, -0.1) is 0 Å². The normalized spacial score (nSPS) is 11.8. The molecule has 1 atom stereocenters. The van der Waals surface area contributed by atoms with Crippen molar-refractivity contribution in [2.75, 3.05) is 7.11 Å². The molecule has 0 spiro atoms. The molecule has 0 aromatic heterocycles. The number of carbonyl (C=O) groups excluding carboxylic acids is 1. The minimum atomic E-state index is -0.0786. The van der Waals surface area contributed by atoms with Gasteiger partial charge in [0.1, 0.15) is 5.75 Å². The summed E-state index contributed by atoms with van der Waals surface area (Å²) in [6.45, 7) is 6.13. The van der Waals surface area contributed by atoms with Crippen LogP contribution in [0.1, 0.15) is 40.0 Å². The number of rotatable bonds is 4. The number of carbonyl (C=O) groups is 1. The van der Waals surface area contributed by atoms with E-state index in [-0.39, 0.29) is 11.9 Å². The van der Waals surface area contributed by atoms with Gasteiger partial charge in [-0.3, -0.25) is 4.79 Å². The van der Waals surface area contributed by atoms with Crippen molar-refractivity contribution in [1.29, 1.82) is 0 Å². The molecule has 3 heteroatoms. The first-order valence-electron chi connectivity index (χ1n) is 7.03. The zero-order valence-electron chi connectivity index (χ0n) is 12.9. The van der Waals surface area contributed by atoms with E-state index in [0.717, 1.165) is 11.3 Å². The van der Waals surface area contributed by atoms with Gasteiger partial charge in [-0.05, 0) is 56.2 Å². The molecule has 1 N–H and O–H groups in total. The minimum Gasteiger partial charge on any atom is -0.497 e. The van der Waals surface area contributed by atoms with Gasteiger partial charge in [-0.1, -0.05) is 23.8 Å². The fourth-order valence-corrected chi connectivity index (χ4v) is 2.41. The van der Waals surface area contributed by atoms with Gasteiger partial charge >= 0.3 is 0 Å². The molecule has 0 fully saturated rings. The molecule has 0 saturated carbocycles. The van der Waals surface area contributed by atoms with Gasteiger partial charge in [0, 0.05) is 5.56 Å². The Labute approximate surface area is 126 Å². The zero-order valence-corrected chi connectivity index (χ0v) is 12.9. The average molecular weight is 283 g/mol. The fourth-order valence-electron chi connectivity index (χ4n) is 2.41. The van der Waals surface area contributed by atoms with Crippen molar-refractivity contribution >= 4 is 5.91 Å². The third-order valence-electron chi connectivity index (χ3n) is 3.59. The van der Waals surface area contributed by atoms with Crippen LogP contribution < -0.4 is 10.1 Å². The Morgan fingerprint density at radius 2 is 1.76 bits per heavy atom. The smallest absolute Gasteiger partial charge is 0.251 e. The molecule has 21 heavy (non-hydrogen) atoms. The zero-order chi connectivity index (χ0) is 15.4. The number of hydrogen-bond acceptors (Lipinski definition) is 2. The lowest BCUT2D eigenvalue weighted by atomic mass is 10.00. The predicted molar refractivity (Wildman–Crippen MR) is 84.8 cm³/mol. The van der Waals surface area contributed by atoms with Crippen LogP contribution in [0.2, 0.25) is 0 Å². The molecule has 0 aliphatic rings. The molecular formula is C18H21NO2. The second-order valence-electron chi connectivity index (χ2n) is 5.28. The van der Waals surface area contributed by atoms with E-state index in [1.807, 2.05) is 6.92 Å². The summed E-state index contributed by atoms with van der Waals surface area (Å²) in [5, 5.41) is 3.03. The van der Waals surface area contributed by atoms with Crippen molar-refractivity contribution in [3.8, 4) is 5.75 Å². The second kappa shape index (κ2) is 6.44. The maximum absolute atomic E-state index is 12.3. The largest absolute Gasteiger partial charge is 0.497 e. The molecule has 0 aliphatic carbocycles. The van der Waals surface area contributed by atoms with E-state index < -0.39 is 0 Å². The minimum absolute atomic E-state index is 0.0276. The third kappa shape index (κ3) is 3.63. The Morgan fingerprint density at radius 1 is 1.10 bits per heavy atom. The van der Waals surface area contributed by atoms with E-state index in [4.69, 9.17) is 4.74 Å². The summed E-state index contributed by atoms with van der Waals surface area (Å²) in [6, 6.07) is 13.4. The van der Waals surface area contributed by atoms with Gasteiger partial charge in [0.25, 0.3) is 5.91 Å². The van der Waals surface area contributed by atoms with Crippen molar-refractivity contribution in [3.63, 3.8) is 0 Å². The monoisotopic (exact) mass is 283 g/mol. The quantitative estimate of drug-likeness (QED) is 0.926. The maximum atomic E-state index is 12.3. The van der Waals surface area contributed by atoms with Gasteiger partial charge in [0.05, 0.1) is 13.2 Å². The van der Waals surface area contributed by atoms with Crippen LogP contribution in [0.25, 0.3) is 0 Å². The lowest BCUT2D eigenvalue weighted by Gasteiger charge is -2.17. The van der Waals surface area contributed by atoms with Crippen molar-refractivity contribution in [3.05, 3.63) is 64.7 Å². The Morgan fingerprint density at radius 3 is 2.33 bits per heavy atom. The molecule has 2 rings (SSSR count). The Kier molecular flexibility index (Phi) is 4.63. The van der Waals surface area contributed by atoms with Gasteiger partial charge in [-0.25, -0.2) is 0 Å². The average Bonchev–Trinajstić information content (AvgIpc) is 2.47. The van der Waals surface area contributed by atoms with E-state index in [9.17, 15) is 4.79 Å². The van der Waals surface area contributed by atoms with E-state index in [1.54, 1.807) is 31.4 Å². The van der Waals surface area contributed by atoms with E-state index in [1.165, 1.54) is 11.1 Å². The van der Waals surface area contributed by atoms with Crippen molar-refractivity contribution in [2.24, 2.45) is 0 Å². The number of methoxy groups -OCH3 is 1. The number of benzene rings is 2. The highest BCUT2D eigenvalue weighted by Crippen LogP contribution is 2.19. The van der Waals surface area contributed by atoms with Gasteiger partial charge < -0.3 is 10.1 Å². The number of amides is 1. The van der Waals surface area contributed by atoms with Crippen LogP contribution in [0.5, 0.6) is 5.75 Å². The van der Waals surface area contributed by atoms with Gasteiger partial charge in [0.15, 0.2) is 0 Å². The molecule has 1 unspecified atom stereocenters. The second-order valence-corrected chi connectivity index (χ2v) is 5.28. The van der Waals surface area contributed by atoms with Crippen molar-refractivity contribution in [1.82, 2.24) is 5.32 Å². The van der Waals surface area contributed by atoms with Crippen LogP contribution in [-0.4, -0.2) is 13.0 Å². The van der Waals surface area contributed by atoms with Gasteiger partial charge in [0.2, 0.25) is 0 Å².